The Bertz CT molecular complexity index is 418. The van der Waals surface area contributed by atoms with Gasteiger partial charge in [-0.1, -0.05) is 37.3 Å². The largest absolute Gasteiger partial charge is 0.377 e. The number of Topliss-reactive ketones (excluding diaryl/α,β-unsaturated/α-hetero) is 1. The Hall–Kier alpha value is -1.19. The number of rotatable bonds is 8. The summed E-state index contributed by atoms with van der Waals surface area (Å²) in [6, 6.07) is 9.59. The Kier molecular flexibility index (Phi) is 6.90. The lowest BCUT2D eigenvalue weighted by Gasteiger charge is -2.32. The maximum atomic E-state index is 12.0. The summed E-state index contributed by atoms with van der Waals surface area (Å²) in [5.41, 5.74) is 0.834. The average molecular weight is 289 g/mol. The Morgan fingerprint density at radius 2 is 2.14 bits per heavy atom. The summed E-state index contributed by atoms with van der Waals surface area (Å²) >= 11 is 0. The summed E-state index contributed by atoms with van der Waals surface area (Å²) in [5, 5.41) is 0. The van der Waals surface area contributed by atoms with Gasteiger partial charge in [-0.15, -0.1) is 0 Å². The minimum atomic E-state index is 0.256. The third-order valence-electron chi connectivity index (χ3n) is 3.99. The Labute approximate surface area is 128 Å². The first-order chi connectivity index (χ1) is 10.3. The van der Waals surface area contributed by atoms with Crippen molar-refractivity contribution in [3.8, 4) is 0 Å². The van der Waals surface area contributed by atoms with Gasteiger partial charge in [0.25, 0.3) is 0 Å². The molecule has 0 aromatic heterocycles. The lowest BCUT2D eigenvalue weighted by atomic mass is 10.0. The number of carbonyl (C=O) groups excluding carboxylic acids is 1. The Morgan fingerprint density at radius 1 is 1.33 bits per heavy atom. The molecule has 1 atom stereocenters. The summed E-state index contributed by atoms with van der Waals surface area (Å²) in [7, 11) is 0. The molecule has 1 saturated heterocycles. The van der Waals surface area contributed by atoms with E-state index >= 15 is 0 Å². The maximum Gasteiger partial charge on any atom is 0.162 e. The molecule has 1 unspecified atom stereocenters. The Balaban J connectivity index is 1.67. The SMILES string of the molecule is CCCOC1CCCN(CCCC(=O)c2ccccc2)C1. The molecule has 1 aromatic carbocycles. The molecule has 1 aromatic rings. The Morgan fingerprint density at radius 3 is 2.90 bits per heavy atom. The van der Waals surface area contributed by atoms with E-state index in [2.05, 4.69) is 11.8 Å². The van der Waals surface area contributed by atoms with Gasteiger partial charge >= 0.3 is 0 Å². The third-order valence-corrected chi connectivity index (χ3v) is 3.99. The fraction of sp³-hybridized carbons (Fsp3) is 0.611. The zero-order valence-corrected chi connectivity index (χ0v) is 13.1. The van der Waals surface area contributed by atoms with Crippen molar-refractivity contribution in [1.82, 2.24) is 4.90 Å². The van der Waals surface area contributed by atoms with Crippen LogP contribution in [0.1, 0.15) is 49.4 Å². The first kappa shape index (κ1) is 16.2. The topological polar surface area (TPSA) is 29.5 Å². The number of nitrogens with zero attached hydrogens (tertiary/aromatic N) is 1. The number of hydrogen-bond acceptors (Lipinski definition) is 3. The molecule has 0 N–H and O–H groups in total. The number of hydrogen-bond donors (Lipinski definition) is 0. The highest BCUT2D eigenvalue weighted by molar-refractivity contribution is 5.95. The first-order valence-electron chi connectivity index (χ1n) is 8.22. The van der Waals surface area contributed by atoms with Gasteiger partial charge in [0.05, 0.1) is 6.10 Å². The highest BCUT2D eigenvalue weighted by Crippen LogP contribution is 2.14. The van der Waals surface area contributed by atoms with Gasteiger partial charge in [-0.3, -0.25) is 4.79 Å². The molecule has 3 heteroatoms. The van der Waals surface area contributed by atoms with Crippen molar-refractivity contribution in [2.45, 2.75) is 45.1 Å². The summed E-state index contributed by atoms with van der Waals surface area (Å²) < 4.78 is 5.85. The van der Waals surface area contributed by atoms with Gasteiger partial charge in [-0.2, -0.15) is 0 Å². The second-order valence-electron chi connectivity index (χ2n) is 5.83. The molecule has 21 heavy (non-hydrogen) atoms. The number of piperidine rings is 1. The highest BCUT2D eigenvalue weighted by atomic mass is 16.5. The van der Waals surface area contributed by atoms with E-state index in [4.69, 9.17) is 4.74 Å². The van der Waals surface area contributed by atoms with Crippen molar-refractivity contribution in [3.05, 3.63) is 35.9 Å². The zero-order valence-electron chi connectivity index (χ0n) is 13.1. The summed E-state index contributed by atoms with van der Waals surface area (Å²) in [6.45, 7) is 6.19. The van der Waals surface area contributed by atoms with Crippen LogP contribution in [-0.2, 0) is 4.74 Å². The van der Waals surface area contributed by atoms with Crippen LogP contribution in [0.4, 0.5) is 0 Å². The van der Waals surface area contributed by atoms with E-state index in [9.17, 15) is 4.79 Å². The van der Waals surface area contributed by atoms with Gasteiger partial charge in [-0.05, 0) is 38.8 Å². The van der Waals surface area contributed by atoms with Crippen molar-refractivity contribution in [2.75, 3.05) is 26.2 Å². The predicted octanol–water partition coefficient (Wildman–Crippen LogP) is 3.54. The van der Waals surface area contributed by atoms with Crippen molar-refractivity contribution in [3.63, 3.8) is 0 Å². The smallest absolute Gasteiger partial charge is 0.162 e. The quantitative estimate of drug-likeness (QED) is 0.686. The molecule has 3 nitrogen and oxygen atoms in total. The second kappa shape index (κ2) is 8.96. The normalized spacial score (nSPS) is 19.6. The summed E-state index contributed by atoms with van der Waals surface area (Å²) in [5.74, 6) is 0.256. The standard InChI is InChI=1S/C18H27NO2/c1-2-14-21-17-10-6-12-19(15-17)13-7-11-18(20)16-8-4-3-5-9-16/h3-5,8-9,17H,2,6-7,10-15H2,1H3. The summed E-state index contributed by atoms with van der Waals surface area (Å²) in [6.07, 6.45) is 5.45. The molecule has 2 rings (SSSR count). The predicted molar refractivity (Wildman–Crippen MR) is 85.7 cm³/mol. The molecule has 0 bridgehead atoms. The van der Waals surface area contributed by atoms with E-state index in [-0.39, 0.29) is 5.78 Å². The molecule has 1 aliphatic heterocycles. The van der Waals surface area contributed by atoms with Crippen LogP contribution in [0, 0.1) is 0 Å². The van der Waals surface area contributed by atoms with Gasteiger partial charge in [0.15, 0.2) is 5.78 Å². The lowest BCUT2D eigenvalue weighted by Crippen LogP contribution is -2.40. The van der Waals surface area contributed by atoms with E-state index in [0.717, 1.165) is 44.6 Å². The minimum absolute atomic E-state index is 0.256. The minimum Gasteiger partial charge on any atom is -0.377 e. The van der Waals surface area contributed by atoms with Crippen molar-refractivity contribution < 1.29 is 9.53 Å². The van der Waals surface area contributed by atoms with Crippen LogP contribution in [0.2, 0.25) is 0 Å². The molecule has 0 radical (unpaired) electrons. The van der Waals surface area contributed by atoms with E-state index in [0.29, 0.717) is 12.5 Å². The fourth-order valence-electron chi connectivity index (χ4n) is 2.87. The number of ketones is 1. The van der Waals surface area contributed by atoms with Gasteiger partial charge in [0, 0.05) is 25.1 Å². The molecular formula is C18H27NO2. The molecule has 0 aliphatic carbocycles. The lowest BCUT2D eigenvalue weighted by molar-refractivity contribution is -0.000238. The van der Waals surface area contributed by atoms with Crippen LogP contribution in [0.3, 0.4) is 0 Å². The van der Waals surface area contributed by atoms with Crippen LogP contribution in [0.25, 0.3) is 0 Å². The average Bonchev–Trinajstić information content (AvgIpc) is 2.54. The second-order valence-corrected chi connectivity index (χ2v) is 5.83. The molecule has 0 spiro atoms. The molecule has 1 heterocycles. The van der Waals surface area contributed by atoms with Crippen molar-refractivity contribution >= 4 is 5.78 Å². The van der Waals surface area contributed by atoms with Crippen LogP contribution >= 0.6 is 0 Å². The highest BCUT2D eigenvalue weighted by Gasteiger charge is 2.19. The van der Waals surface area contributed by atoms with E-state index < -0.39 is 0 Å². The molecular weight excluding hydrogens is 262 g/mol. The van der Waals surface area contributed by atoms with Crippen LogP contribution in [0.15, 0.2) is 30.3 Å². The van der Waals surface area contributed by atoms with E-state index in [1.165, 1.54) is 12.8 Å². The summed E-state index contributed by atoms with van der Waals surface area (Å²) in [4.78, 5) is 14.5. The molecule has 0 amide bonds. The van der Waals surface area contributed by atoms with Gasteiger partial charge in [0.2, 0.25) is 0 Å². The maximum absolute atomic E-state index is 12.0. The molecule has 0 saturated carbocycles. The van der Waals surface area contributed by atoms with Crippen LogP contribution in [0.5, 0.6) is 0 Å². The van der Waals surface area contributed by atoms with Crippen molar-refractivity contribution in [1.29, 1.82) is 0 Å². The van der Waals surface area contributed by atoms with Gasteiger partial charge in [0.1, 0.15) is 0 Å². The van der Waals surface area contributed by atoms with E-state index in [1.807, 2.05) is 30.3 Å². The van der Waals surface area contributed by atoms with E-state index in [1.54, 1.807) is 0 Å². The van der Waals surface area contributed by atoms with Crippen LogP contribution < -0.4 is 0 Å². The van der Waals surface area contributed by atoms with Crippen LogP contribution in [-0.4, -0.2) is 43.0 Å². The third kappa shape index (κ3) is 5.60. The first-order valence-corrected chi connectivity index (χ1v) is 8.22. The van der Waals surface area contributed by atoms with Crippen molar-refractivity contribution in [2.24, 2.45) is 0 Å². The molecule has 116 valence electrons. The fourth-order valence-corrected chi connectivity index (χ4v) is 2.87. The number of benzene rings is 1. The number of ether oxygens (including phenoxy) is 1. The molecule has 1 aliphatic rings. The zero-order chi connectivity index (χ0) is 14.9. The number of carbonyl (C=O) groups is 1. The molecule has 1 fully saturated rings. The van der Waals surface area contributed by atoms with Gasteiger partial charge < -0.3 is 9.64 Å². The monoisotopic (exact) mass is 289 g/mol. The van der Waals surface area contributed by atoms with Gasteiger partial charge in [-0.25, -0.2) is 0 Å². The number of likely N-dealkylation sites (tertiary alicyclic amines) is 1.